The quantitative estimate of drug-likeness (QED) is 0.620. The van der Waals surface area contributed by atoms with E-state index < -0.39 is 37.0 Å². The minimum absolute atomic E-state index is 0.329. The van der Waals surface area contributed by atoms with Gasteiger partial charge in [0.25, 0.3) is 0 Å². The number of ether oxygens (including phenoxy) is 2. The highest BCUT2D eigenvalue weighted by atomic mass is 19.4. The van der Waals surface area contributed by atoms with E-state index in [1.807, 2.05) is 0 Å². The summed E-state index contributed by atoms with van der Waals surface area (Å²) in [5.74, 6) is -2.60. The van der Waals surface area contributed by atoms with Crippen LogP contribution in [0, 0.1) is 11.6 Å². The van der Waals surface area contributed by atoms with Crippen LogP contribution in [0.25, 0.3) is 0 Å². The van der Waals surface area contributed by atoms with Gasteiger partial charge in [0.15, 0.2) is 17.4 Å². The van der Waals surface area contributed by atoms with Crippen LogP contribution in [0.5, 0.6) is 5.75 Å². The predicted molar refractivity (Wildman–Crippen MR) is 63.7 cm³/mol. The molecule has 1 saturated carbocycles. The van der Waals surface area contributed by atoms with Crippen molar-refractivity contribution in [2.24, 2.45) is 0 Å². The molecule has 1 aliphatic rings. The van der Waals surface area contributed by atoms with E-state index in [1.54, 1.807) is 0 Å². The molecule has 2 rings (SSSR count). The van der Waals surface area contributed by atoms with Crippen LogP contribution in [0.15, 0.2) is 12.1 Å². The fourth-order valence-electron chi connectivity index (χ4n) is 1.70. The van der Waals surface area contributed by atoms with Crippen LogP contribution >= 0.6 is 0 Å². The minimum atomic E-state index is -4.79. The van der Waals surface area contributed by atoms with Crippen molar-refractivity contribution >= 4 is 0 Å². The topological polar surface area (TPSA) is 30.5 Å². The molecule has 21 heavy (non-hydrogen) atoms. The maximum atomic E-state index is 13.7. The first-order valence-corrected chi connectivity index (χ1v) is 6.40. The van der Waals surface area contributed by atoms with Gasteiger partial charge in [-0.2, -0.15) is 0 Å². The van der Waals surface area contributed by atoms with Crippen molar-refractivity contribution in [2.75, 3.05) is 13.2 Å². The first kappa shape index (κ1) is 16.0. The van der Waals surface area contributed by atoms with Crippen LogP contribution in [0.1, 0.15) is 18.4 Å². The third-order valence-corrected chi connectivity index (χ3v) is 2.83. The van der Waals surface area contributed by atoms with Gasteiger partial charge < -0.3 is 10.1 Å². The van der Waals surface area contributed by atoms with Gasteiger partial charge >= 0.3 is 6.36 Å². The summed E-state index contributed by atoms with van der Waals surface area (Å²) in [4.78, 5) is 0. The Hall–Kier alpha value is -1.41. The molecule has 3 nitrogen and oxygen atoms in total. The maximum absolute atomic E-state index is 13.7. The summed E-state index contributed by atoms with van der Waals surface area (Å²) in [6.07, 6.45) is -2.70. The van der Waals surface area contributed by atoms with E-state index >= 15 is 0 Å². The Balaban J connectivity index is 1.86. The van der Waals surface area contributed by atoms with Gasteiger partial charge in [-0.05, 0) is 30.5 Å². The second kappa shape index (κ2) is 6.57. The SMILES string of the molecule is Fc1cc(CNC2CC2)cc(F)c1OCCOC(F)(F)F. The van der Waals surface area contributed by atoms with E-state index in [0.29, 0.717) is 18.2 Å². The second-order valence-corrected chi connectivity index (χ2v) is 4.69. The first-order valence-electron chi connectivity index (χ1n) is 6.40. The lowest BCUT2D eigenvalue weighted by Crippen LogP contribution is -2.19. The average Bonchev–Trinajstić information content (AvgIpc) is 3.17. The van der Waals surface area contributed by atoms with Gasteiger partial charge in [0.1, 0.15) is 6.61 Å². The summed E-state index contributed by atoms with van der Waals surface area (Å²) >= 11 is 0. The zero-order chi connectivity index (χ0) is 15.5. The Labute approximate surface area is 118 Å². The molecule has 0 aliphatic heterocycles. The fourth-order valence-corrected chi connectivity index (χ4v) is 1.70. The molecule has 0 bridgehead atoms. The van der Waals surface area contributed by atoms with Gasteiger partial charge in [-0.25, -0.2) is 8.78 Å². The molecular formula is C13H14F5NO2. The summed E-state index contributed by atoms with van der Waals surface area (Å²) in [5, 5.41) is 3.10. The largest absolute Gasteiger partial charge is 0.522 e. The molecule has 1 aliphatic carbocycles. The molecule has 118 valence electrons. The van der Waals surface area contributed by atoms with Gasteiger partial charge in [0, 0.05) is 12.6 Å². The predicted octanol–water partition coefficient (Wildman–Crippen LogP) is 3.13. The molecule has 1 aromatic carbocycles. The number of hydrogen-bond acceptors (Lipinski definition) is 3. The highest BCUT2D eigenvalue weighted by Crippen LogP contribution is 2.25. The van der Waals surface area contributed by atoms with E-state index in [1.165, 1.54) is 0 Å². The Bertz CT molecular complexity index is 465. The third kappa shape index (κ3) is 5.47. The summed E-state index contributed by atoms with van der Waals surface area (Å²) < 4.78 is 70.6. The molecule has 1 N–H and O–H groups in total. The molecular weight excluding hydrogens is 297 g/mol. The van der Waals surface area contributed by atoms with Crippen molar-refractivity contribution in [1.29, 1.82) is 0 Å². The molecule has 0 aromatic heterocycles. The Morgan fingerprint density at radius 3 is 2.24 bits per heavy atom. The lowest BCUT2D eigenvalue weighted by atomic mass is 10.2. The molecule has 0 saturated heterocycles. The van der Waals surface area contributed by atoms with Crippen molar-refractivity contribution in [2.45, 2.75) is 31.8 Å². The van der Waals surface area contributed by atoms with Crippen LogP contribution in [0.3, 0.4) is 0 Å². The molecule has 0 amide bonds. The molecule has 1 aromatic rings. The average molecular weight is 311 g/mol. The second-order valence-electron chi connectivity index (χ2n) is 4.69. The highest BCUT2D eigenvalue weighted by Gasteiger charge is 2.28. The molecule has 0 unspecified atom stereocenters. The Morgan fingerprint density at radius 1 is 1.10 bits per heavy atom. The monoisotopic (exact) mass is 311 g/mol. The van der Waals surface area contributed by atoms with Gasteiger partial charge in [0.05, 0.1) is 6.61 Å². The van der Waals surface area contributed by atoms with E-state index in [9.17, 15) is 22.0 Å². The van der Waals surface area contributed by atoms with Crippen LogP contribution in [0.2, 0.25) is 0 Å². The van der Waals surface area contributed by atoms with Gasteiger partial charge in [0.2, 0.25) is 0 Å². The lowest BCUT2D eigenvalue weighted by molar-refractivity contribution is -0.325. The summed E-state index contributed by atoms with van der Waals surface area (Å²) in [5.41, 5.74) is 0.413. The van der Waals surface area contributed by atoms with Crippen LogP contribution < -0.4 is 10.1 Å². The smallest absolute Gasteiger partial charge is 0.485 e. The van der Waals surface area contributed by atoms with Crippen LogP contribution in [0.4, 0.5) is 22.0 Å². The van der Waals surface area contributed by atoms with Crippen molar-refractivity contribution in [3.63, 3.8) is 0 Å². The van der Waals surface area contributed by atoms with Crippen molar-refractivity contribution in [1.82, 2.24) is 5.32 Å². The van der Waals surface area contributed by atoms with Crippen LogP contribution in [-0.2, 0) is 11.3 Å². The zero-order valence-electron chi connectivity index (χ0n) is 11.0. The van der Waals surface area contributed by atoms with Gasteiger partial charge in [-0.15, -0.1) is 13.2 Å². The maximum Gasteiger partial charge on any atom is 0.522 e. The molecule has 0 atom stereocenters. The van der Waals surface area contributed by atoms with E-state index in [2.05, 4.69) is 14.8 Å². The lowest BCUT2D eigenvalue weighted by Gasteiger charge is -2.11. The number of benzene rings is 1. The number of rotatable bonds is 7. The molecule has 8 heteroatoms. The number of alkyl halides is 3. The van der Waals surface area contributed by atoms with E-state index in [0.717, 1.165) is 25.0 Å². The molecule has 0 spiro atoms. The first-order chi connectivity index (χ1) is 9.85. The summed E-state index contributed by atoms with van der Waals surface area (Å²) in [6.45, 7) is -1.11. The molecule has 0 heterocycles. The van der Waals surface area contributed by atoms with Crippen molar-refractivity contribution < 1.29 is 31.4 Å². The number of halogens is 5. The normalized spacial score (nSPS) is 15.3. The zero-order valence-corrected chi connectivity index (χ0v) is 11.0. The molecule has 1 fully saturated rings. The summed E-state index contributed by atoms with van der Waals surface area (Å²) in [7, 11) is 0. The Kier molecular flexibility index (Phi) is 5.00. The standard InChI is InChI=1S/C13H14F5NO2/c14-10-5-8(7-19-9-1-2-9)6-11(15)12(10)20-3-4-21-13(16,17)18/h5-6,9,19H,1-4,7H2. The van der Waals surface area contributed by atoms with Crippen LogP contribution in [-0.4, -0.2) is 25.6 Å². The van der Waals surface area contributed by atoms with E-state index in [-0.39, 0.29) is 0 Å². The molecule has 0 radical (unpaired) electrons. The number of hydrogen-bond donors (Lipinski definition) is 1. The summed E-state index contributed by atoms with van der Waals surface area (Å²) in [6, 6.07) is 2.59. The van der Waals surface area contributed by atoms with Gasteiger partial charge in [-0.1, -0.05) is 0 Å². The van der Waals surface area contributed by atoms with Crippen molar-refractivity contribution in [3.8, 4) is 5.75 Å². The highest BCUT2D eigenvalue weighted by molar-refractivity contribution is 5.31. The fraction of sp³-hybridized carbons (Fsp3) is 0.538. The third-order valence-electron chi connectivity index (χ3n) is 2.83. The minimum Gasteiger partial charge on any atom is -0.485 e. The van der Waals surface area contributed by atoms with Crippen molar-refractivity contribution in [3.05, 3.63) is 29.3 Å². The van der Waals surface area contributed by atoms with Gasteiger partial charge in [-0.3, -0.25) is 4.74 Å². The number of nitrogens with one attached hydrogen (secondary N) is 1. The Morgan fingerprint density at radius 2 is 1.71 bits per heavy atom. The van der Waals surface area contributed by atoms with E-state index in [4.69, 9.17) is 0 Å².